The molecule has 0 aliphatic carbocycles. The van der Waals surface area contributed by atoms with Crippen LogP contribution in [-0.2, 0) is 13.1 Å². The molecule has 0 aliphatic heterocycles. The standard InChI is InChI=1S/C17H17BrN2O/c1-21-17-7-6-12(9-19)8-13(17)10-20-11-15(18)14-4-2-3-5-16(14)20/h2-8,11H,9-10,19H2,1H3. The molecule has 108 valence electrons. The monoisotopic (exact) mass is 344 g/mol. The molecule has 21 heavy (non-hydrogen) atoms. The normalized spacial score (nSPS) is 11.0. The van der Waals surface area contributed by atoms with E-state index in [0.29, 0.717) is 6.54 Å². The Morgan fingerprint density at radius 3 is 2.76 bits per heavy atom. The predicted octanol–water partition coefficient (Wildman–Crippen LogP) is 3.92. The summed E-state index contributed by atoms with van der Waals surface area (Å²) in [6.07, 6.45) is 2.11. The van der Waals surface area contributed by atoms with Crippen LogP contribution in [0.3, 0.4) is 0 Å². The van der Waals surface area contributed by atoms with Crippen molar-refractivity contribution < 1.29 is 4.74 Å². The van der Waals surface area contributed by atoms with E-state index in [0.717, 1.165) is 27.9 Å². The fraction of sp³-hybridized carbons (Fsp3) is 0.176. The van der Waals surface area contributed by atoms with Crippen molar-refractivity contribution in [2.45, 2.75) is 13.1 Å². The lowest BCUT2D eigenvalue weighted by atomic mass is 10.1. The highest BCUT2D eigenvalue weighted by atomic mass is 79.9. The molecule has 0 atom stereocenters. The van der Waals surface area contributed by atoms with Crippen LogP contribution in [0, 0.1) is 0 Å². The van der Waals surface area contributed by atoms with E-state index in [-0.39, 0.29) is 0 Å². The van der Waals surface area contributed by atoms with Crippen molar-refractivity contribution in [2.75, 3.05) is 7.11 Å². The lowest BCUT2D eigenvalue weighted by Gasteiger charge is -2.12. The first-order valence-electron chi connectivity index (χ1n) is 6.82. The van der Waals surface area contributed by atoms with Crippen molar-refractivity contribution in [2.24, 2.45) is 5.73 Å². The highest BCUT2D eigenvalue weighted by Crippen LogP contribution is 2.28. The van der Waals surface area contributed by atoms with E-state index in [9.17, 15) is 0 Å². The van der Waals surface area contributed by atoms with Crippen LogP contribution in [0.25, 0.3) is 10.9 Å². The Balaban J connectivity index is 2.06. The van der Waals surface area contributed by atoms with Gasteiger partial charge in [0.15, 0.2) is 0 Å². The number of rotatable bonds is 4. The smallest absolute Gasteiger partial charge is 0.123 e. The first-order valence-corrected chi connectivity index (χ1v) is 7.61. The third-order valence-electron chi connectivity index (χ3n) is 3.66. The fourth-order valence-corrected chi connectivity index (χ4v) is 3.18. The van der Waals surface area contributed by atoms with Gasteiger partial charge in [-0.3, -0.25) is 0 Å². The SMILES string of the molecule is COc1ccc(CN)cc1Cn1cc(Br)c2ccccc21. The van der Waals surface area contributed by atoms with E-state index < -0.39 is 0 Å². The zero-order valence-corrected chi connectivity index (χ0v) is 13.4. The molecule has 1 heterocycles. The summed E-state index contributed by atoms with van der Waals surface area (Å²) in [6.45, 7) is 1.29. The number of ether oxygens (including phenoxy) is 1. The zero-order chi connectivity index (χ0) is 14.8. The summed E-state index contributed by atoms with van der Waals surface area (Å²) in [5.74, 6) is 0.890. The minimum atomic E-state index is 0.535. The quantitative estimate of drug-likeness (QED) is 0.779. The Labute approximate surface area is 132 Å². The Morgan fingerprint density at radius 1 is 1.19 bits per heavy atom. The summed E-state index contributed by atoms with van der Waals surface area (Å²) in [6, 6.07) is 14.4. The van der Waals surface area contributed by atoms with Crippen LogP contribution in [-0.4, -0.2) is 11.7 Å². The molecule has 0 amide bonds. The maximum absolute atomic E-state index is 5.74. The van der Waals surface area contributed by atoms with E-state index >= 15 is 0 Å². The number of halogens is 1. The molecule has 2 aromatic carbocycles. The molecule has 0 saturated heterocycles. The third-order valence-corrected chi connectivity index (χ3v) is 4.29. The van der Waals surface area contributed by atoms with Crippen molar-refractivity contribution in [1.29, 1.82) is 0 Å². The second-order valence-corrected chi connectivity index (χ2v) is 5.83. The molecule has 0 unspecified atom stereocenters. The van der Waals surface area contributed by atoms with Gasteiger partial charge in [0.05, 0.1) is 13.7 Å². The van der Waals surface area contributed by atoms with Crippen LogP contribution < -0.4 is 10.5 Å². The fourth-order valence-electron chi connectivity index (χ4n) is 2.60. The minimum absolute atomic E-state index is 0.535. The zero-order valence-electron chi connectivity index (χ0n) is 11.8. The largest absolute Gasteiger partial charge is 0.496 e. The van der Waals surface area contributed by atoms with Crippen LogP contribution in [0.15, 0.2) is 53.1 Å². The number of para-hydroxylation sites is 1. The third kappa shape index (κ3) is 2.69. The minimum Gasteiger partial charge on any atom is -0.496 e. The van der Waals surface area contributed by atoms with E-state index in [4.69, 9.17) is 10.5 Å². The van der Waals surface area contributed by atoms with Gasteiger partial charge < -0.3 is 15.0 Å². The number of hydrogen-bond donors (Lipinski definition) is 1. The van der Waals surface area contributed by atoms with Gasteiger partial charge in [-0.15, -0.1) is 0 Å². The lowest BCUT2D eigenvalue weighted by Crippen LogP contribution is -2.03. The Morgan fingerprint density at radius 2 is 2.00 bits per heavy atom. The second-order valence-electron chi connectivity index (χ2n) is 4.97. The number of nitrogens with zero attached hydrogens (tertiary/aromatic N) is 1. The summed E-state index contributed by atoms with van der Waals surface area (Å²) in [5.41, 5.74) is 9.19. The van der Waals surface area contributed by atoms with Crippen LogP contribution >= 0.6 is 15.9 Å². The molecule has 0 spiro atoms. The maximum atomic E-state index is 5.74. The van der Waals surface area contributed by atoms with Gasteiger partial charge in [-0.25, -0.2) is 0 Å². The van der Waals surface area contributed by atoms with Crippen molar-refractivity contribution >= 4 is 26.8 Å². The Bertz CT molecular complexity index is 780. The van der Waals surface area contributed by atoms with Gasteiger partial charge in [-0.05, 0) is 39.7 Å². The van der Waals surface area contributed by atoms with Gasteiger partial charge >= 0.3 is 0 Å². The van der Waals surface area contributed by atoms with E-state index in [1.54, 1.807) is 7.11 Å². The van der Waals surface area contributed by atoms with Gasteiger partial charge in [0, 0.05) is 33.7 Å². The molecule has 3 nitrogen and oxygen atoms in total. The summed E-state index contributed by atoms with van der Waals surface area (Å²) in [4.78, 5) is 0. The Kier molecular flexibility index (Phi) is 3.99. The van der Waals surface area contributed by atoms with Crippen molar-refractivity contribution in [1.82, 2.24) is 4.57 Å². The molecular weight excluding hydrogens is 328 g/mol. The van der Waals surface area contributed by atoms with Crippen molar-refractivity contribution in [3.63, 3.8) is 0 Å². The average molecular weight is 345 g/mol. The van der Waals surface area contributed by atoms with Gasteiger partial charge in [-0.2, -0.15) is 0 Å². The van der Waals surface area contributed by atoms with E-state index in [1.165, 1.54) is 10.9 Å². The number of benzene rings is 2. The summed E-state index contributed by atoms with van der Waals surface area (Å²) in [7, 11) is 1.70. The van der Waals surface area contributed by atoms with Crippen molar-refractivity contribution in [3.05, 3.63) is 64.3 Å². The van der Waals surface area contributed by atoms with Gasteiger partial charge in [0.25, 0.3) is 0 Å². The van der Waals surface area contributed by atoms with Gasteiger partial charge in [-0.1, -0.05) is 24.3 Å². The molecule has 0 radical (unpaired) electrons. The first kappa shape index (κ1) is 14.2. The number of nitrogens with two attached hydrogens (primary N) is 1. The van der Waals surface area contributed by atoms with Crippen LogP contribution in [0.5, 0.6) is 5.75 Å². The second kappa shape index (κ2) is 5.92. The topological polar surface area (TPSA) is 40.2 Å². The molecule has 0 bridgehead atoms. The lowest BCUT2D eigenvalue weighted by molar-refractivity contribution is 0.408. The van der Waals surface area contributed by atoms with E-state index in [2.05, 4.69) is 51.0 Å². The van der Waals surface area contributed by atoms with Gasteiger partial charge in [0.2, 0.25) is 0 Å². The van der Waals surface area contributed by atoms with E-state index in [1.807, 2.05) is 18.2 Å². The molecule has 0 saturated carbocycles. The van der Waals surface area contributed by atoms with Crippen LogP contribution in [0.1, 0.15) is 11.1 Å². The van der Waals surface area contributed by atoms with Gasteiger partial charge in [0.1, 0.15) is 5.75 Å². The molecule has 3 rings (SSSR count). The maximum Gasteiger partial charge on any atom is 0.123 e. The number of methoxy groups -OCH3 is 1. The highest BCUT2D eigenvalue weighted by molar-refractivity contribution is 9.10. The van der Waals surface area contributed by atoms with Crippen LogP contribution in [0.2, 0.25) is 0 Å². The van der Waals surface area contributed by atoms with Crippen molar-refractivity contribution in [3.8, 4) is 5.75 Å². The Hall–Kier alpha value is -1.78. The molecular formula is C17H17BrN2O. The number of aromatic nitrogens is 1. The summed E-state index contributed by atoms with van der Waals surface area (Å²) < 4.78 is 8.79. The molecule has 3 aromatic rings. The summed E-state index contributed by atoms with van der Waals surface area (Å²) >= 11 is 3.62. The first-order chi connectivity index (χ1) is 10.2. The number of fused-ring (bicyclic) bond motifs is 1. The number of hydrogen-bond acceptors (Lipinski definition) is 2. The molecule has 1 aromatic heterocycles. The predicted molar refractivity (Wildman–Crippen MR) is 89.6 cm³/mol. The summed E-state index contributed by atoms with van der Waals surface area (Å²) in [5, 5.41) is 1.21. The molecule has 0 aliphatic rings. The molecule has 2 N–H and O–H groups in total. The average Bonchev–Trinajstić information content (AvgIpc) is 2.84. The highest BCUT2D eigenvalue weighted by Gasteiger charge is 2.09. The molecule has 4 heteroatoms. The molecule has 0 fully saturated rings. The van der Waals surface area contributed by atoms with Crippen LogP contribution in [0.4, 0.5) is 0 Å².